The molecule has 0 spiro atoms. The number of nitriles is 2. The Morgan fingerprint density at radius 1 is 0.500 bits per heavy atom. The van der Waals surface area contributed by atoms with Gasteiger partial charge in [0.2, 0.25) is 5.69 Å². The van der Waals surface area contributed by atoms with Crippen molar-refractivity contribution >= 4 is 49.3 Å². The first-order chi connectivity index (χ1) is 24.7. The molecule has 0 fully saturated rings. The maximum absolute atomic E-state index is 10.3. The average Bonchev–Trinajstić information content (AvgIpc) is 3.70. The predicted octanol–water partition coefficient (Wildman–Crippen LogP) is 11.5. The molecular weight excluding hydrogens is 611 g/mol. The summed E-state index contributed by atoms with van der Waals surface area (Å²) in [4.78, 5) is 3.91. The van der Waals surface area contributed by atoms with E-state index in [0.29, 0.717) is 16.8 Å². The van der Waals surface area contributed by atoms with Crippen molar-refractivity contribution in [1.29, 1.82) is 10.5 Å². The van der Waals surface area contributed by atoms with Crippen molar-refractivity contribution in [3.63, 3.8) is 0 Å². The summed E-state index contributed by atoms with van der Waals surface area (Å²) in [5.41, 5.74) is 11.4. The molecule has 0 saturated heterocycles. The lowest BCUT2D eigenvalue weighted by atomic mass is 9.94. The predicted molar refractivity (Wildman–Crippen MR) is 202 cm³/mol. The van der Waals surface area contributed by atoms with Crippen molar-refractivity contribution in [3.8, 4) is 45.8 Å². The molecule has 0 radical (unpaired) electrons. The van der Waals surface area contributed by atoms with Crippen LogP contribution < -0.4 is 0 Å². The molecule has 0 saturated carbocycles. The second kappa shape index (κ2) is 11.4. The van der Waals surface area contributed by atoms with Crippen LogP contribution in [0.5, 0.6) is 0 Å². The molecule has 230 valence electrons. The van der Waals surface area contributed by atoms with E-state index in [4.69, 9.17) is 6.57 Å². The highest BCUT2D eigenvalue weighted by molar-refractivity contribution is 6.14. The number of hydrogen-bond donors (Lipinski definition) is 0. The third-order valence-electron chi connectivity index (χ3n) is 9.61. The van der Waals surface area contributed by atoms with E-state index in [0.717, 1.165) is 77.2 Å². The van der Waals surface area contributed by atoms with Crippen LogP contribution in [-0.4, -0.2) is 9.13 Å². The number of fused-ring (bicyclic) bond motifs is 6. The molecular formula is C45H25N5. The number of para-hydroxylation sites is 4. The summed E-state index contributed by atoms with van der Waals surface area (Å²) in [5.74, 6) is 0. The van der Waals surface area contributed by atoms with Crippen molar-refractivity contribution in [3.05, 3.63) is 174 Å². The largest absolute Gasteiger partial charge is 0.318 e. The van der Waals surface area contributed by atoms with E-state index < -0.39 is 0 Å². The second-order valence-electron chi connectivity index (χ2n) is 12.3. The van der Waals surface area contributed by atoms with E-state index in [2.05, 4.69) is 86.8 Å². The van der Waals surface area contributed by atoms with E-state index in [1.54, 1.807) is 0 Å². The summed E-state index contributed by atoms with van der Waals surface area (Å²) in [6.45, 7) is 7.99. The van der Waals surface area contributed by atoms with Gasteiger partial charge in [0.25, 0.3) is 0 Å². The van der Waals surface area contributed by atoms with Crippen LogP contribution in [0.25, 0.3) is 82.1 Å². The number of benzene rings is 7. The first-order valence-corrected chi connectivity index (χ1v) is 16.3. The molecule has 5 heteroatoms. The number of aromatic nitrogens is 2. The van der Waals surface area contributed by atoms with E-state index >= 15 is 0 Å². The third kappa shape index (κ3) is 4.31. The summed E-state index contributed by atoms with van der Waals surface area (Å²) < 4.78 is 4.42. The Morgan fingerprint density at radius 2 is 1.18 bits per heavy atom. The maximum Gasteiger partial charge on any atom is 0.211 e. The highest BCUT2D eigenvalue weighted by Gasteiger charge is 2.19. The normalized spacial score (nSPS) is 11.1. The molecule has 0 aliphatic heterocycles. The lowest BCUT2D eigenvalue weighted by Gasteiger charge is -2.16. The minimum absolute atomic E-state index is 0.580. The Bertz CT molecular complexity index is 2970. The van der Waals surface area contributed by atoms with Crippen molar-refractivity contribution < 1.29 is 0 Å². The van der Waals surface area contributed by atoms with E-state index in [-0.39, 0.29) is 0 Å². The van der Waals surface area contributed by atoms with Crippen molar-refractivity contribution in [2.24, 2.45) is 0 Å². The second-order valence-corrected chi connectivity index (χ2v) is 12.3. The average molecular weight is 636 g/mol. The van der Waals surface area contributed by atoms with Crippen molar-refractivity contribution in [2.45, 2.75) is 0 Å². The SMILES string of the molecule is [C-]#[N+]c1cccc2c3ccccc3n(-c3ccccc3-c3ccc(C#N)c(-c4cccc(-n5c6ccccc6c6cc(C#N)ccc65)c4)c3)c12. The Morgan fingerprint density at radius 3 is 1.98 bits per heavy atom. The quantitative estimate of drug-likeness (QED) is 0.181. The summed E-state index contributed by atoms with van der Waals surface area (Å²) in [5, 5.41) is 24.1. The van der Waals surface area contributed by atoms with Gasteiger partial charge in [0, 0.05) is 33.0 Å². The molecule has 0 N–H and O–H groups in total. The van der Waals surface area contributed by atoms with Gasteiger partial charge >= 0.3 is 0 Å². The molecule has 2 aromatic heterocycles. The highest BCUT2D eigenvalue weighted by atomic mass is 15.0. The van der Waals surface area contributed by atoms with Gasteiger partial charge in [-0.3, -0.25) is 0 Å². The van der Waals surface area contributed by atoms with Crippen molar-refractivity contribution in [2.75, 3.05) is 0 Å². The van der Waals surface area contributed by atoms with Gasteiger partial charge in [-0.25, -0.2) is 4.85 Å². The Kier molecular flexibility index (Phi) is 6.56. The topological polar surface area (TPSA) is 61.8 Å². The van der Waals surface area contributed by atoms with Crippen LogP contribution in [0.1, 0.15) is 11.1 Å². The van der Waals surface area contributed by atoms with Crippen LogP contribution in [0.2, 0.25) is 0 Å². The van der Waals surface area contributed by atoms with Gasteiger partial charge in [0.1, 0.15) is 0 Å². The molecule has 9 rings (SSSR count). The minimum Gasteiger partial charge on any atom is -0.318 e. The minimum atomic E-state index is 0.580. The maximum atomic E-state index is 10.3. The zero-order valence-electron chi connectivity index (χ0n) is 26.7. The highest BCUT2D eigenvalue weighted by Crippen LogP contribution is 2.41. The number of hydrogen-bond acceptors (Lipinski definition) is 2. The molecule has 2 heterocycles. The fourth-order valence-electron chi connectivity index (χ4n) is 7.43. The zero-order chi connectivity index (χ0) is 33.8. The van der Waals surface area contributed by atoms with Gasteiger partial charge in [-0.05, 0) is 77.2 Å². The van der Waals surface area contributed by atoms with Gasteiger partial charge < -0.3 is 9.13 Å². The van der Waals surface area contributed by atoms with Gasteiger partial charge in [-0.2, -0.15) is 10.5 Å². The lowest BCUT2D eigenvalue weighted by Crippen LogP contribution is -1.98. The summed E-state index contributed by atoms with van der Waals surface area (Å²) in [6, 6.07) is 55.5. The molecule has 0 unspecified atom stereocenters. The van der Waals surface area contributed by atoms with Gasteiger partial charge in [0.15, 0.2) is 0 Å². The van der Waals surface area contributed by atoms with Gasteiger partial charge in [-0.15, -0.1) is 0 Å². The fraction of sp³-hybridized carbons (Fsp3) is 0. The molecule has 50 heavy (non-hydrogen) atoms. The van der Waals surface area contributed by atoms with E-state index in [1.165, 1.54) is 0 Å². The zero-order valence-corrected chi connectivity index (χ0v) is 26.7. The summed E-state index contributed by atoms with van der Waals surface area (Å²) >= 11 is 0. The molecule has 9 aromatic rings. The van der Waals surface area contributed by atoms with Gasteiger partial charge in [0.05, 0.1) is 57.6 Å². The van der Waals surface area contributed by atoms with Crippen LogP contribution in [-0.2, 0) is 0 Å². The molecule has 0 amide bonds. The molecule has 0 bridgehead atoms. The summed E-state index contributed by atoms with van der Waals surface area (Å²) in [6.07, 6.45) is 0. The first kappa shape index (κ1) is 28.8. The molecule has 0 atom stereocenters. The summed E-state index contributed by atoms with van der Waals surface area (Å²) in [7, 11) is 0. The van der Waals surface area contributed by atoms with Gasteiger partial charge in [-0.1, -0.05) is 91.0 Å². The molecule has 0 aliphatic carbocycles. The number of rotatable bonds is 4. The lowest BCUT2D eigenvalue weighted by molar-refractivity contribution is 1.18. The Balaban J connectivity index is 1.24. The van der Waals surface area contributed by atoms with Crippen LogP contribution in [0, 0.1) is 29.2 Å². The van der Waals surface area contributed by atoms with Crippen molar-refractivity contribution in [1.82, 2.24) is 9.13 Å². The Hall–Kier alpha value is -7.39. The van der Waals surface area contributed by atoms with Crippen LogP contribution in [0.3, 0.4) is 0 Å². The Labute approximate surface area is 288 Å². The molecule has 0 aliphatic rings. The molecule has 7 aromatic carbocycles. The smallest absolute Gasteiger partial charge is 0.211 e. The monoisotopic (exact) mass is 635 g/mol. The van der Waals surface area contributed by atoms with Crippen LogP contribution in [0.15, 0.2) is 152 Å². The van der Waals surface area contributed by atoms with E-state index in [1.807, 2.05) is 91.0 Å². The standard InChI is InChI=1S/C45H25N5/c1-48-40-16-9-15-37-35-13-3-7-19-43(35)50(45(37)40)41-17-5-2-12-34(41)31-21-22-32(28-47)38(26-31)30-10-8-11-33(25-30)49-42-18-6-4-14-36(42)39-24-29(27-46)20-23-44(39)49/h2-26H. The third-order valence-corrected chi connectivity index (χ3v) is 9.61. The molecule has 5 nitrogen and oxygen atoms in total. The fourth-order valence-corrected chi connectivity index (χ4v) is 7.43. The van der Waals surface area contributed by atoms with Crippen LogP contribution in [0.4, 0.5) is 5.69 Å². The number of nitrogens with zero attached hydrogens (tertiary/aromatic N) is 5. The first-order valence-electron chi connectivity index (χ1n) is 16.3. The van der Waals surface area contributed by atoms with E-state index in [9.17, 15) is 10.5 Å². The van der Waals surface area contributed by atoms with Crippen LogP contribution >= 0.6 is 0 Å².